The number of nitrogens with zero attached hydrogens (tertiary/aromatic N) is 3. The summed E-state index contributed by atoms with van der Waals surface area (Å²) in [5.41, 5.74) is 3.06. The number of thiazole rings is 1. The van der Waals surface area contributed by atoms with E-state index in [0.717, 1.165) is 22.8 Å². The normalized spacial score (nSPS) is 23.4. The van der Waals surface area contributed by atoms with Crippen LogP contribution < -0.4 is 5.56 Å². The highest BCUT2D eigenvalue weighted by Gasteiger charge is 2.37. The van der Waals surface area contributed by atoms with E-state index in [1.807, 2.05) is 25.3 Å². The second kappa shape index (κ2) is 6.32. The summed E-state index contributed by atoms with van der Waals surface area (Å²) in [5, 5.41) is 1.27. The Morgan fingerprint density at radius 1 is 1.12 bits per heavy atom. The number of hydrogen-bond donors (Lipinski definition) is 0. The second-order valence-corrected chi connectivity index (χ2v) is 8.75. The summed E-state index contributed by atoms with van der Waals surface area (Å²) in [6.45, 7) is 4.57. The molecule has 134 valence electrons. The molecule has 26 heavy (non-hydrogen) atoms. The third-order valence-corrected chi connectivity index (χ3v) is 7.03. The Labute approximate surface area is 157 Å². The van der Waals surface area contributed by atoms with Crippen LogP contribution in [-0.2, 0) is 0 Å². The van der Waals surface area contributed by atoms with Gasteiger partial charge in [-0.25, -0.2) is 4.98 Å². The fraction of sp³-hybridized carbons (Fsp3) is 0.429. The molecule has 1 saturated heterocycles. The monoisotopic (exact) mass is 365 g/mol. The molecule has 3 heterocycles. The van der Waals surface area contributed by atoms with Gasteiger partial charge in [0, 0.05) is 24.2 Å². The van der Waals surface area contributed by atoms with E-state index in [-0.39, 0.29) is 5.56 Å². The minimum Gasteiger partial charge on any atom is -0.300 e. The zero-order valence-electron chi connectivity index (χ0n) is 15.0. The summed E-state index contributed by atoms with van der Waals surface area (Å²) in [5.74, 6) is 0.614. The second-order valence-electron chi connectivity index (χ2n) is 7.68. The number of likely N-dealkylation sites (tertiary alicyclic amines) is 1. The molecule has 2 fully saturated rings. The van der Waals surface area contributed by atoms with Gasteiger partial charge in [-0.2, -0.15) is 0 Å². The van der Waals surface area contributed by atoms with Crippen molar-refractivity contribution in [2.45, 2.75) is 44.6 Å². The van der Waals surface area contributed by atoms with Crippen LogP contribution in [0.15, 0.2) is 41.3 Å². The number of pyridine rings is 1. The Kier molecular flexibility index (Phi) is 3.94. The van der Waals surface area contributed by atoms with Crippen molar-refractivity contribution in [3.05, 3.63) is 57.5 Å². The average Bonchev–Trinajstić information content (AvgIpc) is 3.24. The number of hydrogen-bond acceptors (Lipinski definition) is 4. The molecule has 0 radical (unpaired) electrons. The summed E-state index contributed by atoms with van der Waals surface area (Å²) < 4.78 is 2.90. The smallest absolute Gasteiger partial charge is 0.255 e. The molecule has 0 spiro atoms. The summed E-state index contributed by atoms with van der Waals surface area (Å²) >= 11 is 1.80. The van der Waals surface area contributed by atoms with Gasteiger partial charge in [0.1, 0.15) is 0 Å². The molecule has 2 aliphatic rings. The van der Waals surface area contributed by atoms with Crippen molar-refractivity contribution >= 4 is 21.6 Å². The van der Waals surface area contributed by atoms with Crippen LogP contribution in [0.5, 0.6) is 0 Å². The fourth-order valence-electron chi connectivity index (χ4n) is 4.25. The van der Waals surface area contributed by atoms with Gasteiger partial charge in [0.25, 0.3) is 5.56 Å². The predicted molar refractivity (Wildman–Crippen MR) is 107 cm³/mol. The number of aryl methyl sites for hydroxylation is 1. The van der Waals surface area contributed by atoms with Crippen LogP contribution in [0.4, 0.5) is 0 Å². The van der Waals surface area contributed by atoms with Gasteiger partial charge < -0.3 is 4.90 Å². The summed E-state index contributed by atoms with van der Waals surface area (Å²) in [4.78, 5) is 19.7. The van der Waals surface area contributed by atoms with Crippen molar-refractivity contribution < 1.29 is 0 Å². The van der Waals surface area contributed by atoms with E-state index in [1.165, 1.54) is 48.5 Å². The maximum Gasteiger partial charge on any atom is 0.255 e. The van der Waals surface area contributed by atoms with Crippen LogP contribution >= 0.6 is 11.3 Å². The van der Waals surface area contributed by atoms with E-state index in [0.29, 0.717) is 5.92 Å². The highest BCUT2D eigenvalue weighted by molar-refractivity contribution is 7.18. The molecule has 1 aliphatic carbocycles. The summed E-state index contributed by atoms with van der Waals surface area (Å²) in [6.07, 6.45) is 7.14. The molecule has 1 aliphatic heterocycles. The Bertz CT molecular complexity index is 1010. The van der Waals surface area contributed by atoms with Crippen molar-refractivity contribution in [3.8, 4) is 5.69 Å². The van der Waals surface area contributed by atoms with E-state index in [2.05, 4.69) is 17.0 Å². The van der Waals surface area contributed by atoms with Gasteiger partial charge in [-0.1, -0.05) is 6.07 Å². The molecule has 0 bridgehead atoms. The topological polar surface area (TPSA) is 38.1 Å². The van der Waals surface area contributed by atoms with Crippen molar-refractivity contribution in [1.29, 1.82) is 0 Å². The van der Waals surface area contributed by atoms with Crippen LogP contribution in [0.2, 0.25) is 0 Å². The zero-order valence-corrected chi connectivity index (χ0v) is 15.8. The lowest BCUT2D eigenvalue weighted by molar-refractivity contribution is 0.136. The summed E-state index contributed by atoms with van der Waals surface area (Å²) in [7, 11) is 0. The maximum atomic E-state index is 12.2. The van der Waals surface area contributed by atoms with Crippen molar-refractivity contribution in [2.75, 3.05) is 13.1 Å². The lowest BCUT2D eigenvalue weighted by atomic mass is 9.80. The molecule has 1 aromatic carbocycles. The Morgan fingerprint density at radius 3 is 2.73 bits per heavy atom. The van der Waals surface area contributed by atoms with E-state index >= 15 is 0 Å². The van der Waals surface area contributed by atoms with Gasteiger partial charge in [-0.05, 0) is 69.5 Å². The molecule has 0 unspecified atom stereocenters. The van der Waals surface area contributed by atoms with Crippen molar-refractivity contribution in [3.63, 3.8) is 0 Å². The minimum absolute atomic E-state index is 0.00661. The van der Waals surface area contributed by atoms with Gasteiger partial charge in [-0.15, -0.1) is 11.3 Å². The van der Waals surface area contributed by atoms with Crippen LogP contribution in [0.3, 0.4) is 0 Å². The molecule has 0 amide bonds. The van der Waals surface area contributed by atoms with Crippen LogP contribution in [0.1, 0.15) is 42.2 Å². The van der Waals surface area contributed by atoms with Crippen molar-refractivity contribution in [2.24, 2.45) is 0 Å². The lowest BCUT2D eigenvalue weighted by Crippen LogP contribution is -2.42. The first-order chi connectivity index (χ1) is 12.7. The number of rotatable bonds is 3. The zero-order chi connectivity index (χ0) is 17.7. The fourth-order valence-corrected chi connectivity index (χ4v) is 5.37. The Morgan fingerprint density at radius 2 is 1.92 bits per heavy atom. The molecule has 2 aromatic heterocycles. The first kappa shape index (κ1) is 16.2. The quantitative estimate of drug-likeness (QED) is 0.701. The maximum absolute atomic E-state index is 12.2. The first-order valence-corrected chi connectivity index (χ1v) is 10.3. The van der Waals surface area contributed by atoms with Crippen LogP contribution in [-0.4, -0.2) is 33.6 Å². The molecule has 1 saturated carbocycles. The standard InChI is InChI=1S/C21H23N3OS/c1-14-4-7-20(25)24(13-14)16-5-6-18-19(12-16)26-21(22-18)15-10-17(11-15)23-8-2-3-9-23/h4-7,12-13,15,17H,2-3,8-11H2,1H3. The number of benzene rings is 1. The third kappa shape index (κ3) is 2.79. The Balaban J connectivity index is 1.40. The molecule has 0 atom stereocenters. The molecule has 4 nitrogen and oxygen atoms in total. The van der Waals surface area contributed by atoms with E-state index in [4.69, 9.17) is 4.98 Å². The van der Waals surface area contributed by atoms with Crippen LogP contribution in [0.25, 0.3) is 15.9 Å². The van der Waals surface area contributed by atoms with Crippen LogP contribution in [0, 0.1) is 6.92 Å². The predicted octanol–water partition coefficient (Wildman–Crippen LogP) is 4.10. The molecular formula is C21H23N3OS. The highest BCUT2D eigenvalue weighted by atomic mass is 32.1. The lowest BCUT2D eigenvalue weighted by Gasteiger charge is -2.40. The van der Waals surface area contributed by atoms with E-state index in [1.54, 1.807) is 22.0 Å². The van der Waals surface area contributed by atoms with E-state index in [9.17, 15) is 4.79 Å². The van der Waals surface area contributed by atoms with Gasteiger partial charge >= 0.3 is 0 Å². The van der Waals surface area contributed by atoms with Gasteiger partial charge in [-0.3, -0.25) is 9.36 Å². The first-order valence-electron chi connectivity index (χ1n) is 9.51. The molecular weight excluding hydrogens is 342 g/mol. The van der Waals surface area contributed by atoms with Gasteiger partial charge in [0.2, 0.25) is 0 Å². The molecule has 3 aromatic rings. The number of aromatic nitrogens is 2. The largest absolute Gasteiger partial charge is 0.300 e. The Hall–Kier alpha value is -1.98. The number of fused-ring (bicyclic) bond motifs is 1. The average molecular weight is 366 g/mol. The molecule has 5 rings (SSSR count). The summed E-state index contributed by atoms with van der Waals surface area (Å²) in [6, 6.07) is 10.4. The van der Waals surface area contributed by atoms with E-state index < -0.39 is 0 Å². The van der Waals surface area contributed by atoms with Gasteiger partial charge in [0.05, 0.1) is 20.9 Å². The van der Waals surface area contributed by atoms with Gasteiger partial charge in [0.15, 0.2) is 0 Å². The van der Waals surface area contributed by atoms with Crippen molar-refractivity contribution in [1.82, 2.24) is 14.5 Å². The molecule has 0 N–H and O–H groups in total. The highest BCUT2D eigenvalue weighted by Crippen LogP contribution is 2.43. The third-order valence-electron chi connectivity index (χ3n) is 5.85. The SMILES string of the molecule is Cc1ccc(=O)n(-c2ccc3nc(C4CC(N5CCCC5)C4)sc3c2)c1. The minimum atomic E-state index is 0.00661. The molecule has 5 heteroatoms.